The smallest absolute Gasteiger partial charge is 0.343 e. The van der Waals surface area contributed by atoms with E-state index < -0.39 is 11.8 Å². The Morgan fingerprint density at radius 1 is 1.03 bits per heavy atom. The van der Waals surface area contributed by atoms with Gasteiger partial charge in [-0.05, 0) is 72.3 Å². The zero-order valence-electron chi connectivity index (χ0n) is 18.4. The lowest BCUT2D eigenvalue weighted by molar-refractivity contribution is -0.123. The van der Waals surface area contributed by atoms with Crippen LogP contribution in [0.1, 0.15) is 27.0 Å². The van der Waals surface area contributed by atoms with Gasteiger partial charge in [-0.1, -0.05) is 35.9 Å². The second-order valence-electron chi connectivity index (χ2n) is 7.56. The average Bonchev–Trinajstić information content (AvgIpc) is 3.07. The van der Waals surface area contributed by atoms with E-state index >= 15 is 0 Å². The first-order valence-corrected chi connectivity index (χ1v) is 11.1. The van der Waals surface area contributed by atoms with E-state index in [0.717, 1.165) is 22.9 Å². The Hall–Kier alpha value is -3.91. The van der Waals surface area contributed by atoms with Gasteiger partial charge in [0, 0.05) is 0 Å². The number of esters is 1. The SMILES string of the molecule is COc1cc(/C=C2\SC(=O)N(Cc3cccc(C)c3)C2=O)ccc1OC(=O)c1ccc(F)cc1. The zero-order chi connectivity index (χ0) is 24.2. The molecule has 1 heterocycles. The van der Waals surface area contributed by atoms with Crippen molar-refractivity contribution in [1.29, 1.82) is 0 Å². The third-order valence-corrected chi connectivity index (χ3v) is 5.97. The monoisotopic (exact) mass is 477 g/mol. The summed E-state index contributed by atoms with van der Waals surface area (Å²) in [4.78, 5) is 39.1. The molecule has 0 radical (unpaired) electrons. The van der Waals surface area contributed by atoms with Crippen LogP contribution in [0.25, 0.3) is 6.08 Å². The number of carbonyl (C=O) groups is 3. The van der Waals surface area contributed by atoms with Crippen molar-refractivity contribution in [2.24, 2.45) is 0 Å². The number of amides is 2. The number of nitrogens with zero attached hydrogens (tertiary/aromatic N) is 1. The normalized spacial score (nSPS) is 14.6. The molecule has 0 bridgehead atoms. The van der Waals surface area contributed by atoms with Gasteiger partial charge in [0.15, 0.2) is 11.5 Å². The van der Waals surface area contributed by atoms with Gasteiger partial charge < -0.3 is 9.47 Å². The van der Waals surface area contributed by atoms with E-state index in [9.17, 15) is 18.8 Å². The lowest BCUT2D eigenvalue weighted by atomic mass is 10.1. The largest absolute Gasteiger partial charge is 0.493 e. The number of thioether (sulfide) groups is 1. The molecule has 1 fully saturated rings. The summed E-state index contributed by atoms with van der Waals surface area (Å²) in [6.45, 7) is 2.15. The Morgan fingerprint density at radius 2 is 1.79 bits per heavy atom. The number of hydrogen-bond acceptors (Lipinski definition) is 6. The highest BCUT2D eigenvalue weighted by molar-refractivity contribution is 8.18. The average molecular weight is 478 g/mol. The summed E-state index contributed by atoms with van der Waals surface area (Å²) in [5, 5.41) is -0.338. The number of methoxy groups -OCH3 is 1. The van der Waals surface area contributed by atoms with Crippen molar-refractivity contribution in [1.82, 2.24) is 4.90 Å². The van der Waals surface area contributed by atoms with E-state index in [2.05, 4.69) is 0 Å². The second kappa shape index (κ2) is 9.93. The lowest BCUT2D eigenvalue weighted by Gasteiger charge is -2.13. The minimum Gasteiger partial charge on any atom is -0.493 e. The van der Waals surface area contributed by atoms with Crippen LogP contribution in [0.15, 0.2) is 71.6 Å². The maximum Gasteiger partial charge on any atom is 0.343 e. The van der Waals surface area contributed by atoms with Gasteiger partial charge in [-0.25, -0.2) is 9.18 Å². The molecule has 4 rings (SSSR count). The summed E-state index contributed by atoms with van der Waals surface area (Å²) in [6.07, 6.45) is 1.59. The molecule has 0 aliphatic carbocycles. The van der Waals surface area contributed by atoms with Gasteiger partial charge in [-0.3, -0.25) is 14.5 Å². The number of imide groups is 1. The summed E-state index contributed by atoms with van der Waals surface area (Å²) in [6, 6.07) is 17.4. The summed E-state index contributed by atoms with van der Waals surface area (Å²) < 4.78 is 23.8. The van der Waals surface area contributed by atoms with Crippen LogP contribution < -0.4 is 9.47 Å². The van der Waals surface area contributed by atoms with Crippen molar-refractivity contribution >= 4 is 35.0 Å². The summed E-state index contributed by atoms with van der Waals surface area (Å²) >= 11 is 0.869. The molecule has 3 aromatic rings. The molecular weight excluding hydrogens is 457 g/mol. The first-order chi connectivity index (χ1) is 16.3. The predicted molar refractivity (Wildman–Crippen MR) is 127 cm³/mol. The van der Waals surface area contributed by atoms with E-state index in [1.165, 1.54) is 42.3 Å². The van der Waals surface area contributed by atoms with Crippen LogP contribution in [0.3, 0.4) is 0 Å². The highest BCUT2D eigenvalue weighted by Gasteiger charge is 2.35. The van der Waals surface area contributed by atoms with Crippen LogP contribution in [0.4, 0.5) is 9.18 Å². The summed E-state index contributed by atoms with van der Waals surface area (Å²) in [5.74, 6) is -1.06. The molecule has 0 atom stereocenters. The number of rotatable bonds is 6. The van der Waals surface area contributed by atoms with Gasteiger partial charge in [-0.15, -0.1) is 0 Å². The number of benzene rings is 3. The molecule has 0 unspecified atom stereocenters. The predicted octanol–water partition coefficient (Wildman–Crippen LogP) is 5.60. The molecule has 1 aliphatic heterocycles. The fourth-order valence-electron chi connectivity index (χ4n) is 3.38. The van der Waals surface area contributed by atoms with Crippen LogP contribution in [-0.4, -0.2) is 29.1 Å². The van der Waals surface area contributed by atoms with Crippen molar-refractivity contribution in [3.63, 3.8) is 0 Å². The quantitative estimate of drug-likeness (QED) is 0.262. The number of ether oxygens (including phenoxy) is 2. The van der Waals surface area contributed by atoms with E-state index in [4.69, 9.17) is 9.47 Å². The molecule has 2 amide bonds. The van der Waals surface area contributed by atoms with E-state index in [1.54, 1.807) is 18.2 Å². The highest BCUT2D eigenvalue weighted by Crippen LogP contribution is 2.35. The van der Waals surface area contributed by atoms with Crippen LogP contribution in [0, 0.1) is 12.7 Å². The molecule has 34 heavy (non-hydrogen) atoms. The van der Waals surface area contributed by atoms with Crippen molar-refractivity contribution in [2.45, 2.75) is 13.5 Å². The third kappa shape index (κ3) is 5.18. The van der Waals surface area contributed by atoms with Gasteiger partial charge in [0.05, 0.1) is 24.1 Å². The number of hydrogen-bond donors (Lipinski definition) is 0. The van der Waals surface area contributed by atoms with Crippen molar-refractivity contribution in [2.75, 3.05) is 7.11 Å². The molecule has 0 saturated carbocycles. The molecule has 8 heteroatoms. The maximum absolute atomic E-state index is 13.1. The third-order valence-electron chi connectivity index (χ3n) is 5.06. The lowest BCUT2D eigenvalue weighted by Crippen LogP contribution is -2.27. The molecular formula is C26H20FNO5S. The zero-order valence-corrected chi connectivity index (χ0v) is 19.2. The number of carbonyl (C=O) groups excluding carboxylic acids is 3. The summed E-state index contributed by atoms with van der Waals surface area (Å²) in [5.41, 5.74) is 2.71. The molecule has 0 N–H and O–H groups in total. The van der Waals surface area contributed by atoms with Crippen LogP contribution in [-0.2, 0) is 11.3 Å². The van der Waals surface area contributed by atoms with Gasteiger partial charge in [0.25, 0.3) is 11.1 Å². The van der Waals surface area contributed by atoms with Crippen LogP contribution in [0.5, 0.6) is 11.5 Å². The molecule has 172 valence electrons. The van der Waals surface area contributed by atoms with Gasteiger partial charge in [-0.2, -0.15) is 0 Å². The van der Waals surface area contributed by atoms with Crippen molar-refractivity contribution in [3.8, 4) is 11.5 Å². The molecule has 0 aromatic heterocycles. The Kier molecular flexibility index (Phi) is 6.79. The molecule has 0 spiro atoms. The Bertz CT molecular complexity index is 1300. The van der Waals surface area contributed by atoms with Gasteiger partial charge in [0.1, 0.15) is 5.82 Å². The van der Waals surface area contributed by atoms with E-state index in [-0.39, 0.29) is 39.7 Å². The number of aryl methyl sites for hydroxylation is 1. The first-order valence-electron chi connectivity index (χ1n) is 10.3. The van der Waals surface area contributed by atoms with Crippen molar-refractivity contribution in [3.05, 3.63) is 99.7 Å². The van der Waals surface area contributed by atoms with Gasteiger partial charge in [0.2, 0.25) is 0 Å². The standard InChI is InChI=1S/C26H20FNO5S/c1-16-4-3-5-18(12-16)15-28-24(29)23(34-26(28)31)14-17-6-11-21(22(13-17)32-2)33-25(30)19-7-9-20(27)10-8-19/h3-14H,15H2,1-2H3/b23-14-. The molecule has 3 aromatic carbocycles. The summed E-state index contributed by atoms with van der Waals surface area (Å²) in [7, 11) is 1.42. The second-order valence-corrected chi connectivity index (χ2v) is 8.56. The van der Waals surface area contributed by atoms with Crippen LogP contribution >= 0.6 is 11.8 Å². The highest BCUT2D eigenvalue weighted by atomic mass is 32.2. The minimum atomic E-state index is -0.664. The fraction of sp³-hybridized carbons (Fsp3) is 0.115. The minimum absolute atomic E-state index is 0.168. The molecule has 1 saturated heterocycles. The Balaban J connectivity index is 1.51. The first kappa shape index (κ1) is 23.3. The number of halogens is 1. The Morgan fingerprint density at radius 3 is 2.50 bits per heavy atom. The van der Waals surface area contributed by atoms with Gasteiger partial charge >= 0.3 is 5.97 Å². The topological polar surface area (TPSA) is 72.9 Å². The van der Waals surface area contributed by atoms with Crippen LogP contribution in [0.2, 0.25) is 0 Å². The van der Waals surface area contributed by atoms with Crippen molar-refractivity contribution < 1.29 is 28.2 Å². The molecule has 1 aliphatic rings. The fourth-order valence-corrected chi connectivity index (χ4v) is 4.22. The molecule has 6 nitrogen and oxygen atoms in total. The Labute approximate surface area is 200 Å². The van der Waals surface area contributed by atoms with E-state index in [1.807, 2.05) is 31.2 Å². The maximum atomic E-state index is 13.1. The van der Waals surface area contributed by atoms with E-state index in [0.29, 0.717) is 5.56 Å².